The number of benzene rings is 2. The van der Waals surface area contributed by atoms with Gasteiger partial charge in [0.25, 0.3) is 0 Å². The van der Waals surface area contributed by atoms with Crippen LogP contribution in [-0.4, -0.2) is 19.2 Å². The Morgan fingerprint density at radius 2 is 1.48 bits per heavy atom. The van der Waals surface area contributed by atoms with Crippen molar-refractivity contribution in [3.8, 4) is 0 Å². The molecule has 0 amide bonds. The maximum Gasteiger partial charge on any atom is 0.338 e. The van der Waals surface area contributed by atoms with E-state index in [2.05, 4.69) is 0 Å². The van der Waals surface area contributed by atoms with Crippen molar-refractivity contribution in [2.24, 2.45) is 0 Å². The molecule has 21 heavy (non-hydrogen) atoms. The van der Waals surface area contributed by atoms with Crippen molar-refractivity contribution in [2.45, 2.75) is 18.5 Å². The summed E-state index contributed by atoms with van der Waals surface area (Å²) < 4.78 is 16.5. The summed E-state index contributed by atoms with van der Waals surface area (Å²) in [6.45, 7) is 0. The van der Waals surface area contributed by atoms with Crippen molar-refractivity contribution in [1.82, 2.24) is 0 Å². The molecule has 4 heteroatoms. The molecule has 1 fully saturated rings. The zero-order chi connectivity index (χ0) is 14.7. The number of hydrogen-bond acceptors (Lipinski definition) is 4. The van der Waals surface area contributed by atoms with Crippen LogP contribution in [0.4, 0.5) is 0 Å². The quantitative estimate of drug-likeness (QED) is 0.813. The number of carbonyl (C=O) groups excluding carboxylic acids is 1. The Bertz CT molecular complexity index is 597. The molecule has 0 radical (unpaired) electrons. The van der Waals surface area contributed by atoms with E-state index in [1.807, 2.05) is 60.7 Å². The van der Waals surface area contributed by atoms with Crippen LogP contribution < -0.4 is 0 Å². The Labute approximate surface area is 123 Å². The van der Waals surface area contributed by atoms with E-state index in [1.54, 1.807) is 0 Å². The highest BCUT2D eigenvalue weighted by Gasteiger charge is 2.43. The van der Waals surface area contributed by atoms with E-state index in [1.165, 1.54) is 7.11 Å². The Kier molecular flexibility index (Phi) is 3.99. The summed E-state index contributed by atoms with van der Waals surface area (Å²) in [4.78, 5) is 11.9. The molecular weight excluding hydrogens is 268 g/mol. The molecule has 0 N–H and O–H groups in total. The molecule has 1 aliphatic rings. The summed E-state index contributed by atoms with van der Waals surface area (Å²) in [5.41, 5.74) is 1.77. The van der Waals surface area contributed by atoms with E-state index in [9.17, 15) is 4.79 Å². The van der Waals surface area contributed by atoms with Gasteiger partial charge in [-0.05, 0) is 5.56 Å². The Hall–Kier alpha value is -2.17. The van der Waals surface area contributed by atoms with Crippen LogP contribution in [0.3, 0.4) is 0 Å². The van der Waals surface area contributed by atoms with Crippen molar-refractivity contribution >= 4 is 5.97 Å². The zero-order valence-corrected chi connectivity index (χ0v) is 11.6. The second-order valence-corrected chi connectivity index (χ2v) is 4.79. The lowest BCUT2D eigenvalue weighted by molar-refractivity contribution is -0.154. The van der Waals surface area contributed by atoms with Gasteiger partial charge in [-0.25, -0.2) is 4.79 Å². The van der Waals surface area contributed by atoms with Crippen LogP contribution >= 0.6 is 0 Å². The van der Waals surface area contributed by atoms with Crippen LogP contribution in [0.5, 0.6) is 0 Å². The third kappa shape index (κ3) is 2.82. The van der Waals surface area contributed by atoms with E-state index in [4.69, 9.17) is 14.2 Å². The molecule has 4 nitrogen and oxygen atoms in total. The number of carbonyl (C=O) groups is 1. The summed E-state index contributed by atoms with van der Waals surface area (Å²) in [6, 6.07) is 19.1. The first-order chi connectivity index (χ1) is 10.3. The second-order valence-electron chi connectivity index (χ2n) is 4.79. The smallest absolute Gasteiger partial charge is 0.338 e. The molecule has 0 spiro atoms. The van der Waals surface area contributed by atoms with Gasteiger partial charge in [-0.15, -0.1) is 0 Å². The summed E-state index contributed by atoms with van der Waals surface area (Å²) in [5.74, 6) is -0.428. The molecule has 1 saturated heterocycles. The molecule has 0 aromatic heterocycles. The van der Waals surface area contributed by atoms with Crippen molar-refractivity contribution in [2.75, 3.05) is 7.11 Å². The first-order valence-corrected chi connectivity index (χ1v) is 6.78. The van der Waals surface area contributed by atoms with Gasteiger partial charge in [0.15, 0.2) is 12.4 Å². The minimum atomic E-state index is -0.761. The average Bonchev–Trinajstić information content (AvgIpc) is 3.01. The third-order valence-corrected chi connectivity index (χ3v) is 3.45. The third-order valence-electron chi connectivity index (χ3n) is 3.45. The Morgan fingerprint density at radius 1 is 0.905 bits per heavy atom. The van der Waals surface area contributed by atoms with Crippen LogP contribution in [0.25, 0.3) is 0 Å². The number of hydrogen-bond donors (Lipinski definition) is 0. The second kappa shape index (κ2) is 6.08. The minimum Gasteiger partial charge on any atom is -0.467 e. The van der Waals surface area contributed by atoms with Gasteiger partial charge >= 0.3 is 5.97 Å². The topological polar surface area (TPSA) is 44.8 Å². The van der Waals surface area contributed by atoms with E-state index in [0.717, 1.165) is 11.1 Å². The summed E-state index contributed by atoms with van der Waals surface area (Å²) in [6.07, 6.45) is -1.80. The van der Waals surface area contributed by atoms with Crippen LogP contribution in [0, 0.1) is 0 Å². The van der Waals surface area contributed by atoms with Crippen LogP contribution in [0.15, 0.2) is 60.7 Å². The highest BCUT2D eigenvalue weighted by Crippen LogP contribution is 2.40. The van der Waals surface area contributed by atoms with Gasteiger partial charge in [-0.3, -0.25) is 0 Å². The zero-order valence-electron chi connectivity index (χ0n) is 11.6. The maximum atomic E-state index is 11.9. The van der Waals surface area contributed by atoms with Gasteiger partial charge in [0.2, 0.25) is 0 Å². The van der Waals surface area contributed by atoms with Gasteiger partial charge in [0.1, 0.15) is 6.10 Å². The van der Waals surface area contributed by atoms with Gasteiger partial charge in [0, 0.05) is 5.56 Å². The lowest BCUT2D eigenvalue weighted by atomic mass is 10.0. The standard InChI is InChI=1S/C17H16O4/c1-19-16(18)15-14(12-8-4-2-5-9-12)20-17(21-15)13-10-6-3-7-11-13/h2-11,14-15,17H,1H3. The molecule has 3 rings (SSSR count). The predicted octanol–water partition coefficient (Wildman–Crippen LogP) is 3.01. The number of methoxy groups -OCH3 is 1. The van der Waals surface area contributed by atoms with Crippen molar-refractivity contribution < 1.29 is 19.0 Å². The van der Waals surface area contributed by atoms with Crippen molar-refractivity contribution in [3.63, 3.8) is 0 Å². The summed E-state index contributed by atoms with van der Waals surface area (Å²) >= 11 is 0. The number of esters is 1. The summed E-state index contributed by atoms with van der Waals surface area (Å²) in [7, 11) is 1.35. The molecular formula is C17H16O4. The fourth-order valence-corrected chi connectivity index (χ4v) is 2.40. The fourth-order valence-electron chi connectivity index (χ4n) is 2.40. The van der Waals surface area contributed by atoms with E-state index in [0.29, 0.717) is 0 Å². The molecule has 1 aliphatic heterocycles. The SMILES string of the molecule is COC(=O)C1OC(c2ccccc2)OC1c1ccccc1. The van der Waals surface area contributed by atoms with Crippen molar-refractivity contribution in [3.05, 3.63) is 71.8 Å². The van der Waals surface area contributed by atoms with Gasteiger partial charge in [-0.1, -0.05) is 60.7 Å². The summed E-state index contributed by atoms with van der Waals surface area (Å²) in [5, 5.41) is 0. The molecule has 0 aliphatic carbocycles. The largest absolute Gasteiger partial charge is 0.467 e. The first kappa shape index (κ1) is 13.8. The van der Waals surface area contributed by atoms with Crippen molar-refractivity contribution in [1.29, 1.82) is 0 Å². The number of rotatable bonds is 3. The highest BCUT2D eigenvalue weighted by atomic mass is 16.7. The van der Waals surface area contributed by atoms with E-state index < -0.39 is 24.5 Å². The average molecular weight is 284 g/mol. The van der Waals surface area contributed by atoms with Gasteiger partial charge in [0.05, 0.1) is 7.11 Å². The minimum absolute atomic E-state index is 0.428. The monoisotopic (exact) mass is 284 g/mol. The van der Waals surface area contributed by atoms with Gasteiger partial charge < -0.3 is 14.2 Å². The Morgan fingerprint density at radius 3 is 2.05 bits per heavy atom. The van der Waals surface area contributed by atoms with Crippen LogP contribution in [-0.2, 0) is 19.0 Å². The molecule has 1 heterocycles. The molecule has 108 valence electrons. The highest BCUT2D eigenvalue weighted by molar-refractivity contribution is 5.76. The van der Waals surface area contributed by atoms with Crippen LogP contribution in [0.2, 0.25) is 0 Å². The number of ether oxygens (including phenoxy) is 3. The molecule has 0 saturated carbocycles. The molecule has 3 atom stereocenters. The lowest BCUT2D eigenvalue weighted by Gasteiger charge is -2.14. The lowest BCUT2D eigenvalue weighted by Crippen LogP contribution is -2.27. The normalized spacial score (nSPS) is 24.7. The van der Waals surface area contributed by atoms with Gasteiger partial charge in [-0.2, -0.15) is 0 Å². The first-order valence-electron chi connectivity index (χ1n) is 6.78. The Balaban J connectivity index is 1.89. The predicted molar refractivity (Wildman–Crippen MR) is 76.3 cm³/mol. The molecule has 0 bridgehead atoms. The molecule has 2 aromatic rings. The maximum absolute atomic E-state index is 11.9. The van der Waals surface area contributed by atoms with E-state index in [-0.39, 0.29) is 0 Å². The molecule has 2 aromatic carbocycles. The van der Waals surface area contributed by atoms with Crippen LogP contribution in [0.1, 0.15) is 23.5 Å². The fraction of sp³-hybridized carbons (Fsp3) is 0.235. The van der Waals surface area contributed by atoms with E-state index >= 15 is 0 Å². The molecule has 3 unspecified atom stereocenters.